The van der Waals surface area contributed by atoms with Gasteiger partial charge >= 0.3 is 5.00 Å². The zero-order chi connectivity index (χ0) is 12.3. The molecule has 1 saturated carbocycles. The smallest absolute Gasteiger partial charge is 0.324 e. The second kappa shape index (κ2) is 5.57. The van der Waals surface area contributed by atoms with Crippen molar-refractivity contribution in [3.63, 3.8) is 0 Å². The quantitative estimate of drug-likeness (QED) is 0.638. The number of aliphatic hydroxyl groups excluding tert-OH is 1. The van der Waals surface area contributed by atoms with E-state index in [-0.39, 0.29) is 16.0 Å². The van der Waals surface area contributed by atoms with Crippen LogP contribution in [0.25, 0.3) is 0 Å². The second-order valence-corrected chi connectivity index (χ2v) is 5.33. The maximum absolute atomic E-state index is 10.5. The summed E-state index contributed by atoms with van der Waals surface area (Å²) in [5.74, 6) is 0. The van der Waals surface area contributed by atoms with Gasteiger partial charge < -0.3 is 10.4 Å². The number of nitro groups is 1. The van der Waals surface area contributed by atoms with Crippen molar-refractivity contribution in [2.24, 2.45) is 0 Å². The fourth-order valence-corrected chi connectivity index (χ4v) is 2.82. The van der Waals surface area contributed by atoms with Crippen LogP contribution in [0.2, 0.25) is 0 Å². The average molecular weight is 256 g/mol. The van der Waals surface area contributed by atoms with Gasteiger partial charge in [0.25, 0.3) is 0 Å². The molecule has 0 bridgehead atoms. The van der Waals surface area contributed by atoms with Gasteiger partial charge in [0, 0.05) is 24.0 Å². The van der Waals surface area contributed by atoms with Crippen molar-refractivity contribution in [1.29, 1.82) is 0 Å². The minimum absolute atomic E-state index is 0.143. The molecule has 17 heavy (non-hydrogen) atoms. The van der Waals surface area contributed by atoms with Crippen molar-refractivity contribution in [1.82, 2.24) is 5.32 Å². The van der Waals surface area contributed by atoms with Gasteiger partial charge in [-0.3, -0.25) is 10.1 Å². The van der Waals surface area contributed by atoms with E-state index in [9.17, 15) is 15.2 Å². The molecular weight excluding hydrogens is 240 g/mol. The molecule has 1 aliphatic rings. The normalized spacial score (nSPS) is 24.8. The molecule has 0 radical (unpaired) electrons. The maximum atomic E-state index is 10.5. The Balaban J connectivity index is 1.79. The highest BCUT2D eigenvalue weighted by Crippen LogP contribution is 2.23. The van der Waals surface area contributed by atoms with Crippen LogP contribution < -0.4 is 5.32 Å². The van der Waals surface area contributed by atoms with Gasteiger partial charge in [0.15, 0.2) is 0 Å². The number of hydrogen-bond acceptors (Lipinski definition) is 5. The fourth-order valence-electron chi connectivity index (χ4n) is 2.09. The Morgan fingerprint density at radius 2 is 2.18 bits per heavy atom. The van der Waals surface area contributed by atoms with Gasteiger partial charge in [-0.05, 0) is 31.2 Å². The van der Waals surface area contributed by atoms with Crippen LogP contribution in [0.1, 0.15) is 31.2 Å². The summed E-state index contributed by atoms with van der Waals surface area (Å²) in [4.78, 5) is 10.2. The summed E-state index contributed by atoms with van der Waals surface area (Å²) in [6, 6.07) is 2.05. The SMILES string of the molecule is O=[N+]([O-])c1cc(CNC2CCC(O)CC2)cs1. The minimum Gasteiger partial charge on any atom is -0.393 e. The minimum atomic E-state index is -0.356. The molecule has 2 rings (SSSR count). The Morgan fingerprint density at radius 3 is 2.76 bits per heavy atom. The van der Waals surface area contributed by atoms with Crippen LogP contribution in [0.4, 0.5) is 5.00 Å². The maximum Gasteiger partial charge on any atom is 0.324 e. The molecule has 94 valence electrons. The first kappa shape index (κ1) is 12.5. The number of nitrogens with one attached hydrogen (secondary N) is 1. The van der Waals surface area contributed by atoms with Gasteiger partial charge in [-0.1, -0.05) is 11.3 Å². The van der Waals surface area contributed by atoms with E-state index in [2.05, 4.69) is 5.32 Å². The highest BCUT2D eigenvalue weighted by atomic mass is 32.1. The lowest BCUT2D eigenvalue weighted by Gasteiger charge is -2.26. The lowest BCUT2D eigenvalue weighted by molar-refractivity contribution is -0.380. The van der Waals surface area contributed by atoms with E-state index in [0.29, 0.717) is 12.6 Å². The van der Waals surface area contributed by atoms with Gasteiger partial charge in [0.1, 0.15) is 0 Å². The molecule has 0 spiro atoms. The molecule has 0 aliphatic heterocycles. The van der Waals surface area contributed by atoms with Crippen LogP contribution in [-0.2, 0) is 6.54 Å². The predicted molar refractivity (Wildman–Crippen MR) is 66.1 cm³/mol. The largest absolute Gasteiger partial charge is 0.393 e. The van der Waals surface area contributed by atoms with Crippen LogP contribution in [-0.4, -0.2) is 22.2 Å². The molecule has 0 amide bonds. The molecular formula is C11H16N2O3S. The Hall–Kier alpha value is -0.980. The van der Waals surface area contributed by atoms with Crippen LogP contribution in [0.3, 0.4) is 0 Å². The van der Waals surface area contributed by atoms with E-state index in [4.69, 9.17) is 0 Å². The van der Waals surface area contributed by atoms with Crippen molar-refractivity contribution in [2.75, 3.05) is 0 Å². The molecule has 1 aliphatic carbocycles. The predicted octanol–water partition coefficient (Wildman–Crippen LogP) is 2.05. The van der Waals surface area contributed by atoms with E-state index < -0.39 is 0 Å². The van der Waals surface area contributed by atoms with E-state index in [1.165, 1.54) is 11.3 Å². The summed E-state index contributed by atoms with van der Waals surface area (Å²) in [5, 5.41) is 25.3. The second-order valence-electron chi connectivity index (χ2n) is 4.44. The van der Waals surface area contributed by atoms with E-state index in [0.717, 1.165) is 31.2 Å². The summed E-state index contributed by atoms with van der Waals surface area (Å²) in [6.45, 7) is 0.672. The third-order valence-electron chi connectivity index (χ3n) is 3.11. The topological polar surface area (TPSA) is 75.4 Å². The lowest BCUT2D eigenvalue weighted by atomic mass is 9.93. The van der Waals surface area contributed by atoms with Gasteiger partial charge in [-0.25, -0.2) is 0 Å². The molecule has 0 saturated heterocycles. The van der Waals surface area contributed by atoms with E-state index in [1.54, 1.807) is 6.07 Å². The van der Waals surface area contributed by atoms with Crippen LogP contribution >= 0.6 is 11.3 Å². The first-order valence-corrected chi connectivity index (χ1v) is 6.66. The van der Waals surface area contributed by atoms with Crippen LogP contribution in [0.5, 0.6) is 0 Å². The highest BCUT2D eigenvalue weighted by Gasteiger charge is 2.19. The lowest BCUT2D eigenvalue weighted by Crippen LogP contribution is -2.33. The van der Waals surface area contributed by atoms with Crippen LogP contribution in [0.15, 0.2) is 11.4 Å². The van der Waals surface area contributed by atoms with E-state index in [1.807, 2.05) is 5.38 Å². The third kappa shape index (κ3) is 3.49. The number of rotatable bonds is 4. The summed E-state index contributed by atoms with van der Waals surface area (Å²) in [6.07, 6.45) is 3.51. The van der Waals surface area contributed by atoms with E-state index >= 15 is 0 Å². The Bertz CT molecular complexity index is 386. The third-order valence-corrected chi connectivity index (χ3v) is 4.04. The van der Waals surface area contributed by atoms with Gasteiger partial charge in [0.2, 0.25) is 0 Å². The van der Waals surface area contributed by atoms with Crippen molar-refractivity contribution < 1.29 is 10.0 Å². The first-order chi connectivity index (χ1) is 8.15. The van der Waals surface area contributed by atoms with Crippen molar-refractivity contribution in [3.05, 3.63) is 27.1 Å². The molecule has 1 fully saturated rings. The summed E-state index contributed by atoms with van der Waals surface area (Å²) in [5.41, 5.74) is 0.966. The van der Waals surface area contributed by atoms with Crippen molar-refractivity contribution in [2.45, 2.75) is 44.4 Å². The molecule has 0 unspecified atom stereocenters. The van der Waals surface area contributed by atoms with Crippen molar-refractivity contribution >= 4 is 16.3 Å². The molecule has 6 heteroatoms. The molecule has 1 heterocycles. The Morgan fingerprint density at radius 1 is 1.47 bits per heavy atom. The molecule has 0 aromatic carbocycles. The first-order valence-electron chi connectivity index (χ1n) is 5.78. The highest BCUT2D eigenvalue weighted by molar-refractivity contribution is 7.13. The standard InChI is InChI=1S/C11H16N2O3S/c14-10-3-1-9(2-4-10)12-6-8-5-11(13(15)16)17-7-8/h5,7,9-10,12,14H,1-4,6H2. The molecule has 2 N–H and O–H groups in total. The zero-order valence-electron chi connectivity index (χ0n) is 9.46. The van der Waals surface area contributed by atoms with Gasteiger partial charge in [-0.2, -0.15) is 0 Å². The van der Waals surface area contributed by atoms with Gasteiger partial charge in [-0.15, -0.1) is 0 Å². The number of hydrogen-bond donors (Lipinski definition) is 2. The number of aliphatic hydroxyl groups is 1. The molecule has 0 atom stereocenters. The molecule has 1 aromatic heterocycles. The van der Waals surface area contributed by atoms with Crippen LogP contribution in [0, 0.1) is 10.1 Å². The average Bonchev–Trinajstić information content (AvgIpc) is 2.77. The summed E-state index contributed by atoms with van der Waals surface area (Å²) in [7, 11) is 0. The monoisotopic (exact) mass is 256 g/mol. The van der Waals surface area contributed by atoms with Crippen molar-refractivity contribution in [3.8, 4) is 0 Å². The Labute approximate surface area is 104 Å². The molecule has 5 nitrogen and oxygen atoms in total. The number of nitrogens with zero attached hydrogens (tertiary/aromatic N) is 1. The summed E-state index contributed by atoms with van der Waals surface area (Å²) >= 11 is 1.17. The summed E-state index contributed by atoms with van der Waals surface area (Å²) < 4.78 is 0. The number of thiophene rings is 1. The molecule has 1 aromatic rings. The zero-order valence-corrected chi connectivity index (χ0v) is 10.3. The Kier molecular flexibility index (Phi) is 4.09. The van der Waals surface area contributed by atoms with Gasteiger partial charge in [0.05, 0.1) is 11.0 Å². The fraction of sp³-hybridized carbons (Fsp3) is 0.636.